The summed E-state index contributed by atoms with van der Waals surface area (Å²) in [7, 11) is 3.36. The molecule has 0 bridgehead atoms. The van der Waals surface area contributed by atoms with E-state index >= 15 is 0 Å². The van der Waals surface area contributed by atoms with Crippen LogP contribution in [0.2, 0.25) is 0 Å². The molecule has 2 amide bonds. The van der Waals surface area contributed by atoms with Crippen LogP contribution < -0.4 is 10.1 Å². The Morgan fingerprint density at radius 3 is 2.79 bits per heavy atom. The molecule has 0 atom stereocenters. The molecule has 6 nitrogen and oxygen atoms in total. The van der Waals surface area contributed by atoms with Crippen LogP contribution >= 0.6 is 0 Å². The number of para-hydroxylation sites is 1. The van der Waals surface area contributed by atoms with Gasteiger partial charge in [-0.15, -0.1) is 0 Å². The highest BCUT2D eigenvalue weighted by Gasteiger charge is 2.41. The average Bonchev–Trinajstić information content (AvgIpc) is 2.73. The zero-order chi connectivity index (χ0) is 17.2. The highest BCUT2D eigenvalue weighted by Crippen LogP contribution is 2.37. The van der Waals surface area contributed by atoms with Crippen LogP contribution in [0.4, 0.5) is 0 Å². The first kappa shape index (κ1) is 16.8. The molecule has 0 unspecified atom stereocenters. The van der Waals surface area contributed by atoms with Crippen molar-refractivity contribution in [1.82, 2.24) is 10.2 Å². The molecule has 1 heterocycles. The van der Waals surface area contributed by atoms with E-state index in [0.29, 0.717) is 17.9 Å². The molecule has 1 aromatic rings. The minimum Gasteiger partial charge on any atom is -0.485 e. The van der Waals surface area contributed by atoms with E-state index in [2.05, 4.69) is 5.32 Å². The van der Waals surface area contributed by atoms with Crippen molar-refractivity contribution in [3.05, 3.63) is 29.8 Å². The van der Waals surface area contributed by atoms with Gasteiger partial charge in [0, 0.05) is 20.2 Å². The van der Waals surface area contributed by atoms with Crippen molar-refractivity contribution >= 4 is 11.8 Å². The third-order valence-electron chi connectivity index (χ3n) is 5.10. The predicted molar refractivity (Wildman–Crippen MR) is 89.0 cm³/mol. The van der Waals surface area contributed by atoms with E-state index in [-0.39, 0.29) is 30.1 Å². The number of hydrogen-bond acceptors (Lipinski definition) is 4. The molecule has 6 heteroatoms. The maximum absolute atomic E-state index is 12.2. The molecule has 0 saturated heterocycles. The van der Waals surface area contributed by atoms with Gasteiger partial charge in [0.05, 0.1) is 12.1 Å². The van der Waals surface area contributed by atoms with Crippen molar-refractivity contribution in [2.75, 3.05) is 27.3 Å². The summed E-state index contributed by atoms with van der Waals surface area (Å²) in [5.41, 5.74) is 0.202. The van der Waals surface area contributed by atoms with Gasteiger partial charge in [0.15, 0.2) is 0 Å². The number of ether oxygens (including phenoxy) is 2. The van der Waals surface area contributed by atoms with Gasteiger partial charge in [-0.2, -0.15) is 0 Å². The number of fused-ring (bicyclic) bond motifs is 1. The molecule has 1 aliphatic heterocycles. The Hall–Kier alpha value is -2.08. The van der Waals surface area contributed by atoms with E-state index in [4.69, 9.17) is 9.47 Å². The maximum atomic E-state index is 12.2. The summed E-state index contributed by atoms with van der Waals surface area (Å²) in [5, 5.41) is 2.98. The fourth-order valence-corrected chi connectivity index (χ4v) is 3.57. The van der Waals surface area contributed by atoms with Gasteiger partial charge in [0.2, 0.25) is 5.91 Å². The van der Waals surface area contributed by atoms with Gasteiger partial charge in [-0.1, -0.05) is 12.1 Å². The predicted octanol–water partition coefficient (Wildman–Crippen LogP) is 1.59. The van der Waals surface area contributed by atoms with Gasteiger partial charge in [0.1, 0.15) is 18.0 Å². The molecule has 0 aromatic heterocycles. The number of hydrogen-bond donors (Lipinski definition) is 1. The SMILES string of the molecule is COCC(=O)N(C)C1CCC2(CC1)CNC(=O)c1ccccc1O2. The molecular weight excluding hydrogens is 308 g/mol. The second-order valence-corrected chi connectivity index (χ2v) is 6.63. The van der Waals surface area contributed by atoms with Gasteiger partial charge in [0.25, 0.3) is 5.91 Å². The zero-order valence-corrected chi connectivity index (χ0v) is 14.2. The van der Waals surface area contributed by atoms with Crippen molar-refractivity contribution in [3.8, 4) is 5.75 Å². The van der Waals surface area contributed by atoms with Crippen LogP contribution in [0.3, 0.4) is 0 Å². The minimum atomic E-state index is -0.385. The number of amides is 2. The lowest BCUT2D eigenvalue weighted by Crippen LogP contribution is -2.51. The monoisotopic (exact) mass is 332 g/mol. The number of carbonyl (C=O) groups is 2. The zero-order valence-electron chi connectivity index (χ0n) is 14.2. The maximum Gasteiger partial charge on any atom is 0.255 e. The Morgan fingerprint density at radius 1 is 1.38 bits per heavy atom. The van der Waals surface area contributed by atoms with E-state index in [1.807, 2.05) is 25.2 Å². The summed E-state index contributed by atoms with van der Waals surface area (Å²) in [5.74, 6) is 0.561. The van der Waals surface area contributed by atoms with Crippen LogP contribution in [0.15, 0.2) is 24.3 Å². The Kier molecular flexibility index (Phi) is 4.76. The van der Waals surface area contributed by atoms with Crippen LogP contribution in [-0.2, 0) is 9.53 Å². The van der Waals surface area contributed by atoms with Crippen molar-refractivity contribution in [1.29, 1.82) is 0 Å². The third kappa shape index (κ3) is 3.24. The molecule has 1 aliphatic carbocycles. The largest absolute Gasteiger partial charge is 0.485 e. The third-order valence-corrected chi connectivity index (χ3v) is 5.10. The molecular formula is C18H24N2O4. The molecule has 0 radical (unpaired) electrons. The topological polar surface area (TPSA) is 67.9 Å². The fourth-order valence-electron chi connectivity index (χ4n) is 3.57. The lowest BCUT2D eigenvalue weighted by atomic mass is 9.81. The van der Waals surface area contributed by atoms with Crippen LogP contribution in [0.1, 0.15) is 36.0 Å². The van der Waals surface area contributed by atoms with Gasteiger partial charge >= 0.3 is 0 Å². The average molecular weight is 332 g/mol. The number of nitrogens with one attached hydrogen (secondary N) is 1. The molecule has 24 heavy (non-hydrogen) atoms. The first-order valence-corrected chi connectivity index (χ1v) is 8.35. The molecule has 1 saturated carbocycles. The van der Waals surface area contributed by atoms with Crippen molar-refractivity contribution < 1.29 is 19.1 Å². The number of benzene rings is 1. The van der Waals surface area contributed by atoms with Gasteiger partial charge in [-0.3, -0.25) is 9.59 Å². The smallest absolute Gasteiger partial charge is 0.255 e. The van der Waals surface area contributed by atoms with Crippen LogP contribution in [0.25, 0.3) is 0 Å². The Labute approximate surface area is 142 Å². The highest BCUT2D eigenvalue weighted by atomic mass is 16.5. The van der Waals surface area contributed by atoms with E-state index in [9.17, 15) is 9.59 Å². The minimum absolute atomic E-state index is 0.00103. The van der Waals surface area contributed by atoms with E-state index in [1.54, 1.807) is 11.0 Å². The lowest BCUT2D eigenvalue weighted by Gasteiger charge is -2.42. The number of carbonyl (C=O) groups excluding carboxylic acids is 2. The van der Waals surface area contributed by atoms with Crippen molar-refractivity contribution in [2.45, 2.75) is 37.3 Å². The molecule has 1 spiro atoms. The standard InChI is InChI=1S/C18H24N2O4/c1-20(16(21)11-23-2)13-7-9-18(10-8-13)12-19-17(22)14-5-3-4-6-15(14)24-18/h3-6,13H,7-12H2,1-2H3,(H,19,22). The molecule has 1 aromatic carbocycles. The first-order chi connectivity index (χ1) is 11.5. The van der Waals surface area contributed by atoms with Crippen LogP contribution in [0.5, 0.6) is 5.75 Å². The van der Waals surface area contributed by atoms with Crippen LogP contribution in [-0.4, -0.2) is 55.7 Å². The normalized spacial score (nSPS) is 26.1. The van der Waals surface area contributed by atoms with E-state index < -0.39 is 0 Å². The summed E-state index contributed by atoms with van der Waals surface area (Å²) in [6.07, 6.45) is 3.31. The Morgan fingerprint density at radius 2 is 2.08 bits per heavy atom. The van der Waals surface area contributed by atoms with Gasteiger partial charge < -0.3 is 19.7 Å². The molecule has 1 N–H and O–H groups in total. The molecule has 2 aliphatic rings. The number of nitrogens with zero attached hydrogens (tertiary/aromatic N) is 1. The number of rotatable bonds is 3. The number of likely N-dealkylation sites (N-methyl/N-ethyl adjacent to an activating group) is 1. The summed E-state index contributed by atoms with van der Waals surface area (Å²) >= 11 is 0. The van der Waals surface area contributed by atoms with E-state index in [1.165, 1.54) is 7.11 Å². The summed E-state index contributed by atoms with van der Waals surface area (Å²) in [4.78, 5) is 26.0. The second kappa shape index (κ2) is 6.81. The quantitative estimate of drug-likeness (QED) is 0.913. The number of methoxy groups -OCH3 is 1. The molecule has 3 rings (SSSR count). The first-order valence-electron chi connectivity index (χ1n) is 8.35. The lowest BCUT2D eigenvalue weighted by molar-refractivity contribution is -0.137. The molecule has 1 fully saturated rings. The van der Waals surface area contributed by atoms with Crippen molar-refractivity contribution in [2.24, 2.45) is 0 Å². The second-order valence-electron chi connectivity index (χ2n) is 6.63. The van der Waals surface area contributed by atoms with Crippen molar-refractivity contribution in [3.63, 3.8) is 0 Å². The van der Waals surface area contributed by atoms with Gasteiger partial charge in [-0.25, -0.2) is 0 Å². The Balaban J connectivity index is 1.69. The fraction of sp³-hybridized carbons (Fsp3) is 0.556. The Bertz CT molecular complexity index is 623. The summed E-state index contributed by atoms with van der Waals surface area (Å²) in [6.45, 7) is 0.612. The highest BCUT2D eigenvalue weighted by molar-refractivity contribution is 5.97. The van der Waals surface area contributed by atoms with Gasteiger partial charge in [-0.05, 0) is 37.8 Å². The van der Waals surface area contributed by atoms with Crippen LogP contribution in [0, 0.1) is 0 Å². The van der Waals surface area contributed by atoms with E-state index in [0.717, 1.165) is 25.7 Å². The molecule has 130 valence electrons. The summed E-state index contributed by atoms with van der Waals surface area (Å²) in [6, 6.07) is 7.55. The summed E-state index contributed by atoms with van der Waals surface area (Å²) < 4.78 is 11.2.